The van der Waals surface area contributed by atoms with Crippen LogP contribution in [0.25, 0.3) is 0 Å². The molecule has 0 saturated heterocycles. The van der Waals surface area contributed by atoms with Gasteiger partial charge >= 0.3 is 0 Å². The number of unbranched alkanes of at least 4 members (excludes halogenated alkanes) is 28. The molecule has 0 aliphatic carbocycles. The zero-order valence-corrected chi connectivity index (χ0v) is 29.0. The first-order chi connectivity index (χ1) is 20.3. The van der Waals surface area contributed by atoms with Gasteiger partial charge in [-0.25, -0.2) is 0 Å². The van der Waals surface area contributed by atoms with Crippen LogP contribution in [-0.2, 0) is 0 Å². The van der Waals surface area contributed by atoms with Gasteiger partial charge in [-0.1, -0.05) is 194 Å². The van der Waals surface area contributed by atoms with Crippen molar-refractivity contribution in [3.05, 3.63) is 12.4 Å². The molecule has 0 N–H and O–H groups in total. The van der Waals surface area contributed by atoms with E-state index in [1.807, 2.05) is 0 Å². The van der Waals surface area contributed by atoms with Crippen LogP contribution in [0, 0.1) is 0 Å². The number of nitrogens with zero attached hydrogens (tertiary/aromatic N) is 2. The lowest BCUT2D eigenvalue weighted by atomic mass is 10.0. The summed E-state index contributed by atoms with van der Waals surface area (Å²) in [6.45, 7) is 9.34. The Kier molecular flexibility index (Phi) is 28.8. The highest BCUT2D eigenvalue weighted by atomic mass is 15.4. The summed E-state index contributed by atoms with van der Waals surface area (Å²) in [6, 6.07) is 0. The van der Waals surface area contributed by atoms with Crippen molar-refractivity contribution in [3.63, 3.8) is 0 Å². The smallest absolute Gasteiger partial charge is 0.101 e. The van der Waals surface area contributed by atoms with E-state index in [0.717, 1.165) is 6.54 Å². The van der Waals surface area contributed by atoms with Crippen LogP contribution < -0.4 is 0 Å². The van der Waals surface area contributed by atoms with Gasteiger partial charge in [0.05, 0.1) is 0 Å². The minimum atomic E-state index is 0.633. The van der Waals surface area contributed by atoms with E-state index in [0.29, 0.717) is 6.17 Å². The molecule has 1 rings (SSSR count). The van der Waals surface area contributed by atoms with Gasteiger partial charge in [0.1, 0.15) is 6.17 Å². The molecular formula is C39H78N2. The fourth-order valence-electron chi connectivity index (χ4n) is 6.80. The molecule has 0 radical (unpaired) electrons. The molecule has 1 aliphatic heterocycles. The topological polar surface area (TPSA) is 6.48 Å². The van der Waals surface area contributed by atoms with Crippen molar-refractivity contribution in [1.29, 1.82) is 0 Å². The Bertz CT molecular complexity index is 530. The van der Waals surface area contributed by atoms with Gasteiger partial charge in [-0.3, -0.25) is 0 Å². The van der Waals surface area contributed by atoms with Gasteiger partial charge in [0.25, 0.3) is 0 Å². The number of rotatable bonds is 33. The molecule has 244 valence electrons. The monoisotopic (exact) mass is 575 g/mol. The molecule has 0 fully saturated rings. The fraction of sp³-hybridized carbons (Fsp3) is 0.949. The van der Waals surface area contributed by atoms with Crippen LogP contribution in [0.3, 0.4) is 0 Å². The van der Waals surface area contributed by atoms with Crippen LogP contribution in [0.1, 0.15) is 220 Å². The highest BCUT2D eigenvalue weighted by Gasteiger charge is 2.23. The standard InChI is InChI=1S/C39H78N2/c1-4-7-9-11-13-15-17-19-21-22-24-26-28-30-32-34-36-41-38-37-40(6-3)39(41)35-33-31-29-27-25-23-20-18-16-14-12-10-8-5-2/h37-39H,4-36H2,1-3H3. The van der Waals surface area contributed by atoms with E-state index in [9.17, 15) is 0 Å². The van der Waals surface area contributed by atoms with Crippen LogP contribution >= 0.6 is 0 Å². The average Bonchev–Trinajstić information content (AvgIpc) is 3.38. The molecule has 1 aliphatic rings. The van der Waals surface area contributed by atoms with Gasteiger partial charge in [-0.15, -0.1) is 0 Å². The van der Waals surface area contributed by atoms with E-state index >= 15 is 0 Å². The Labute approximate surface area is 260 Å². The third-order valence-electron chi connectivity index (χ3n) is 9.67. The number of hydrogen-bond donors (Lipinski definition) is 0. The summed E-state index contributed by atoms with van der Waals surface area (Å²) in [6.07, 6.45) is 50.2. The molecule has 2 heteroatoms. The third-order valence-corrected chi connectivity index (χ3v) is 9.67. The molecule has 1 unspecified atom stereocenters. The highest BCUT2D eigenvalue weighted by Crippen LogP contribution is 2.23. The van der Waals surface area contributed by atoms with Crippen molar-refractivity contribution in [2.75, 3.05) is 13.1 Å². The Morgan fingerprint density at radius 2 is 0.634 bits per heavy atom. The maximum atomic E-state index is 2.66. The van der Waals surface area contributed by atoms with Gasteiger partial charge in [-0.05, 0) is 26.2 Å². The van der Waals surface area contributed by atoms with Crippen LogP contribution in [0.2, 0.25) is 0 Å². The van der Waals surface area contributed by atoms with Crippen molar-refractivity contribution in [2.45, 2.75) is 226 Å². The van der Waals surface area contributed by atoms with Crippen molar-refractivity contribution in [3.8, 4) is 0 Å². The molecule has 1 atom stereocenters. The SMILES string of the molecule is CCCCCCCCCCCCCCCCCCN1C=CN(CC)C1CCCCCCCCCCCCCCCC. The van der Waals surface area contributed by atoms with Crippen molar-refractivity contribution in [2.24, 2.45) is 0 Å². The Hall–Kier alpha value is -0.660. The molecule has 0 bridgehead atoms. The van der Waals surface area contributed by atoms with Crippen LogP contribution in [0.4, 0.5) is 0 Å². The predicted molar refractivity (Wildman–Crippen MR) is 186 cm³/mol. The first-order valence-corrected chi connectivity index (χ1v) is 19.5. The molecule has 2 nitrogen and oxygen atoms in total. The highest BCUT2D eigenvalue weighted by molar-refractivity contribution is 4.96. The first kappa shape index (κ1) is 38.4. The normalized spacial score (nSPS) is 15.0. The summed E-state index contributed by atoms with van der Waals surface area (Å²) in [5, 5.41) is 0. The summed E-state index contributed by atoms with van der Waals surface area (Å²) in [4.78, 5) is 5.24. The Morgan fingerprint density at radius 3 is 0.976 bits per heavy atom. The van der Waals surface area contributed by atoms with Gasteiger partial charge < -0.3 is 9.80 Å². The lowest BCUT2D eigenvalue weighted by molar-refractivity contribution is 0.142. The average molecular weight is 575 g/mol. The Morgan fingerprint density at radius 1 is 0.341 bits per heavy atom. The van der Waals surface area contributed by atoms with Gasteiger partial charge in [0, 0.05) is 25.5 Å². The predicted octanol–water partition coefficient (Wildman–Crippen LogP) is 13.6. The maximum absolute atomic E-state index is 2.66. The second-order valence-electron chi connectivity index (χ2n) is 13.5. The molecule has 1 heterocycles. The third kappa shape index (κ3) is 23.5. The minimum Gasteiger partial charge on any atom is -0.356 e. The molecule has 0 aromatic heterocycles. The van der Waals surface area contributed by atoms with Crippen LogP contribution in [-0.4, -0.2) is 29.1 Å². The van der Waals surface area contributed by atoms with Crippen molar-refractivity contribution in [1.82, 2.24) is 9.80 Å². The van der Waals surface area contributed by atoms with Gasteiger partial charge in [0.2, 0.25) is 0 Å². The summed E-state index contributed by atoms with van der Waals surface area (Å²) in [7, 11) is 0. The Balaban J connectivity index is 1.91. The summed E-state index contributed by atoms with van der Waals surface area (Å²) in [5.74, 6) is 0. The van der Waals surface area contributed by atoms with E-state index in [1.165, 1.54) is 206 Å². The molecule has 0 amide bonds. The molecule has 0 aromatic carbocycles. The van der Waals surface area contributed by atoms with E-state index in [1.54, 1.807) is 0 Å². The second kappa shape index (κ2) is 30.8. The quantitative estimate of drug-likeness (QED) is 0.0719. The summed E-state index contributed by atoms with van der Waals surface area (Å²) >= 11 is 0. The lowest BCUT2D eigenvalue weighted by Crippen LogP contribution is -2.38. The summed E-state index contributed by atoms with van der Waals surface area (Å²) in [5.41, 5.74) is 0. The van der Waals surface area contributed by atoms with E-state index in [-0.39, 0.29) is 0 Å². The van der Waals surface area contributed by atoms with Gasteiger partial charge in [0.15, 0.2) is 0 Å². The number of hydrogen-bond acceptors (Lipinski definition) is 2. The van der Waals surface area contributed by atoms with E-state index < -0.39 is 0 Å². The van der Waals surface area contributed by atoms with Gasteiger partial charge in [-0.2, -0.15) is 0 Å². The molecule has 41 heavy (non-hydrogen) atoms. The van der Waals surface area contributed by atoms with Crippen LogP contribution in [0.5, 0.6) is 0 Å². The molecular weight excluding hydrogens is 496 g/mol. The lowest BCUT2D eigenvalue weighted by Gasteiger charge is -2.32. The zero-order chi connectivity index (χ0) is 29.5. The largest absolute Gasteiger partial charge is 0.356 e. The van der Waals surface area contributed by atoms with Crippen molar-refractivity contribution < 1.29 is 0 Å². The maximum Gasteiger partial charge on any atom is 0.101 e. The van der Waals surface area contributed by atoms with E-state index in [4.69, 9.17) is 0 Å². The van der Waals surface area contributed by atoms with E-state index in [2.05, 4.69) is 43.0 Å². The molecule has 0 aromatic rings. The fourth-order valence-corrected chi connectivity index (χ4v) is 6.80. The summed E-state index contributed by atoms with van der Waals surface area (Å²) < 4.78 is 0. The van der Waals surface area contributed by atoms with Crippen molar-refractivity contribution >= 4 is 0 Å². The minimum absolute atomic E-state index is 0.633. The second-order valence-corrected chi connectivity index (χ2v) is 13.5. The zero-order valence-electron chi connectivity index (χ0n) is 29.0. The molecule has 0 saturated carbocycles. The van der Waals surface area contributed by atoms with Crippen LogP contribution in [0.15, 0.2) is 12.4 Å². The molecule has 0 spiro atoms. The first-order valence-electron chi connectivity index (χ1n) is 19.5.